The van der Waals surface area contributed by atoms with Crippen molar-refractivity contribution < 1.29 is 29.0 Å². The van der Waals surface area contributed by atoms with Crippen LogP contribution in [0.25, 0.3) is 0 Å². The summed E-state index contributed by atoms with van der Waals surface area (Å²) in [7, 11) is 0. The van der Waals surface area contributed by atoms with Gasteiger partial charge in [-0.2, -0.15) is 0 Å². The molecule has 0 saturated carbocycles. The standard InChI is InChI=1S/C13H23NO6/c1-5-19-11(17)13(14-10(4)16,8-7-9(3)15)12(18)20-6-2/h9,15H,5-8H2,1-4H3,(H,14,16)/t9-/m0/s1. The molecule has 0 radical (unpaired) electrons. The fourth-order valence-corrected chi connectivity index (χ4v) is 1.69. The van der Waals surface area contributed by atoms with Crippen LogP contribution in [0, 0.1) is 0 Å². The molecule has 20 heavy (non-hydrogen) atoms. The zero-order chi connectivity index (χ0) is 15.8. The number of hydrogen-bond acceptors (Lipinski definition) is 6. The molecule has 0 heterocycles. The summed E-state index contributed by atoms with van der Waals surface area (Å²) < 4.78 is 9.74. The Bertz CT molecular complexity index is 335. The van der Waals surface area contributed by atoms with Crippen molar-refractivity contribution >= 4 is 17.8 Å². The molecule has 1 atom stereocenters. The number of nitrogens with one attached hydrogen (secondary N) is 1. The van der Waals surface area contributed by atoms with Crippen LogP contribution in [0.3, 0.4) is 0 Å². The van der Waals surface area contributed by atoms with Crippen molar-refractivity contribution in [2.75, 3.05) is 13.2 Å². The minimum atomic E-state index is -1.91. The highest BCUT2D eigenvalue weighted by molar-refractivity contribution is 6.07. The molecule has 0 rings (SSSR count). The normalized spacial score (nSPS) is 12.4. The number of ether oxygens (including phenoxy) is 2. The van der Waals surface area contributed by atoms with E-state index in [9.17, 15) is 19.5 Å². The van der Waals surface area contributed by atoms with Gasteiger partial charge >= 0.3 is 11.9 Å². The van der Waals surface area contributed by atoms with E-state index in [1.54, 1.807) is 13.8 Å². The second-order valence-corrected chi connectivity index (χ2v) is 4.42. The highest BCUT2D eigenvalue weighted by Gasteiger charge is 2.49. The van der Waals surface area contributed by atoms with Gasteiger partial charge in [-0.1, -0.05) is 0 Å². The molecule has 0 aromatic rings. The zero-order valence-corrected chi connectivity index (χ0v) is 12.4. The van der Waals surface area contributed by atoms with Gasteiger partial charge in [0.25, 0.3) is 0 Å². The quantitative estimate of drug-likeness (QED) is 0.487. The first kappa shape index (κ1) is 18.4. The molecule has 0 bridgehead atoms. The van der Waals surface area contributed by atoms with Gasteiger partial charge < -0.3 is 19.9 Å². The van der Waals surface area contributed by atoms with Crippen LogP contribution >= 0.6 is 0 Å². The van der Waals surface area contributed by atoms with Crippen molar-refractivity contribution in [1.82, 2.24) is 5.32 Å². The minimum absolute atomic E-state index is 0.0637. The van der Waals surface area contributed by atoms with Gasteiger partial charge in [-0.15, -0.1) is 0 Å². The maximum Gasteiger partial charge on any atom is 0.343 e. The van der Waals surface area contributed by atoms with Gasteiger partial charge in [-0.25, -0.2) is 9.59 Å². The first-order chi connectivity index (χ1) is 9.30. The monoisotopic (exact) mass is 289 g/mol. The molecule has 0 saturated heterocycles. The van der Waals surface area contributed by atoms with Crippen LogP contribution in [0.5, 0.6) is 0 Å². The molecule has 0 aliphatic carbocycles. The number of aliphatic hydroxyl groups is 1. The summed E-state index contributed by atoms with van der Waals surface area (Å²) in [6.07, 6.45) is -0.688. The summed E-state index contributed by atoms with van der Waals surface area (Å²) in [5.74, 6) is -2.32. The smallest absolute Gasteiger partial charge is 0.343 e. The van der Waals surface area contributed by atoms with Gasteiger partial charge in [0.2, 0.25) is 11.4 Å². The van der Waals surface area contributed by atoms with Crippen molar-refractivity contribution in [1.29, 1.82) is 0 Å². The second kappa shape index (κ2) is 8.52. The SMILES string of the molecule is CCOC(=O)C(CC[C@H](C)O)(NC(C)=O)C(=O)OCC. The lowest BCUT2D eigenvalue weighted by atomic mass is 9.91. The van der Waals surface area contributed by atoms with Crippen LogP contribution in [-0.2, 0) is 23.9 Å². The largest absolute Gasteiger partial charge is 0.464 e. The molecule has 0 spiro atoms. The third-order valence-electron chi connectivity index (χ3n) is 2.57. The second-order valence-electron chi connectivity index (χ2n) is 4.42. The Kier molecular flexibility index (Phi) is 7.83. The molecule has 1 amide bonds. The predicted octanol–water partition coefficient (Wildman–Crippen LogP) is 0.149. The lowest BCUT2D eigenvalue weighted by molar-refractivity contribution is -0.168. The summed E-state index contributed by atoms with van der Waals surface area (Å²) in [4.78, 5) is 35.6. The Morgan fingerprint density at radius 1 is 1.15 bits per heavy atom. The van der Waals surface area contributed by atoms with Crippen molar-refractivity contribution in [3.8, 4) is 0 Å². The molecule has 0 aromatic heterocycles. The Hall–Kier alpha value is -1.63. The van der Waals surface area contributed by atoms with Crippen molar-refractivity contribution in [2.45, 2.75) is 52.2 Å². The lowest BCUT2D eigenvalue weighted by Gasteiger charge is -2.30. The molecular weight excluding hydrogens is 266 g/mol. The van der Waals surface area contributed by atoms with Crippen LogP contribution < -0.4 is 5.32 Å². The van der Waals surface area contributed by atoms with Crippen LogP contribution in [0.2, 0.25) is 0 Å². The van der Waals surface area contributed by atoms with Crippen LogP contribution in [0.15, 0.2) is 0 Å². The van der Waals surface area contributed by atoms with Gasteiger partial charge in [0.15, 0.2) is 0 Å². The van der Waals surface area contributed by atoms with E-state index in [1.165, 1.54) is 13.8 Å². The molecule has 116 valence electrons. The summed E-state index contributed by atoms with van der Waals surface area (Å²) >= 11 is 0. The summed E-state index contributed by atoms with van der Waals surface area (Å²) in [6.45, 7) is 6.03. The molecule has 0 aliphatic rings. The minimum Gasteiger partial charge on any atom is -0.464 e. The summed E-state index contributed by atoms with van der Waals surface area (Å²) in [6, 6.07) is 0. The van der Waals surface area contributed by atoms with Crippen LogP contribution in [0.1, 0.15) is 40.5 Å². The number of carbonyl (C=O) groups is 3. The fourth-order valence-electron chi connectivity index (χ4n) is 1.69. The molecule has 7 nitrogen and oxygen atoms in total. The van der Waals surface area contributed by atoms with Crippen molar-refractivity contribution in [2.24, 2.45) is 0 Å². The van der Waals surface area contributed by atoms with E-state index in [0.717, 1.165) is 0 Å². The molecule has 0 aliphatic heterocycles. The highest BCUT2D eigenvalue weighted by atomic mass is 16.6. The number of aliphatic hydroxyl groups excluding tert-OH is 1. The van der Waals surface area contributed by atoms with Crippen LogP contribution in [-0.4, -0.2) is 47.8 Å². The summed E-state index contributed by atoms with van der Waals surface area (Å²) in [5, 5.41) is 11.7. The molecule has 7 heteroatoms. The maximum absolute atomic E-state index is 12.1. The molecule has 0 fully saturated rings. The Labute approximate surface area is 118 Å². The third-order valence-corrected chi connectivity index (χ3v) is 2.57. The van der Waals surface area contributed by atoms with Gasteiger partial charge in [0, 0.05) is 6.92 Å². The number of rotatable bonds is 8. The molecule has 0 unspecified atom stereocenters. The van der Waals surface area contributed by atoms with Crippen molar-refractivity contribution in [3.63, 3.8) is 0 Å². The molecule has 2 N–H and O–H groups in total. The zero-order valence-electron chi connectivity index (χ0n) is 12.4. The number of hydrogen-bond donors (Lipinski definition) is 2. The van der Waals surface area contributed by atoms with Gasteiger partial charge in [-0.05, 0) is 33.6 Å². The number of amides is 1. The van der Waals surface area contributed by atoms with E-state index in [0.29, 0.717) is 0 Å². The first-order valence-corrected chi connectivity index (χ1v) is 6.61. The third kappa shape index (κ3) is 5.16. The molecular formula is C13H23NO6. The topological polar surface area (TPSA) is 102 Å². The summed E-state index contributed by atoms with van der Waals surface area (Å²) in [5.41, 5.74) is -1.91. The Morgan fingerprint density at radius 2 is 1.60 bits per heavy atom. The van der Waals surface area contributed by atoms with E-state index < -0.39 is 29.5 Å². The van der Waals surface area contributed by atoms with E-state index in [1.807, 2.05) is 0 Å². The number of carbonyl (C=O) groups excluding carboxylic acids is 3. The molecule has 0 aromatic carbocycles. The average molecular weight is 289 g/mol. The fraction of sp³-hybridized carbons (Fsp3) is 0.769. The van der Waals surface area contributed by atoms with Crippen LogP contribution in [0.4, 0.5) is 0 Å². The van der Waals surface area contributed by atoms with E-state index >= 15 is 0 Å². The van der Waals surface area contributed by atoms with Gasteiger partial charge in [-0.3, -0.25) is 4.79 Å². The van der Waals surface area contributed by atoms with E-state index in [-0.39, 0.29) is 26.1 Å². The van der Waals surface area contributed by atoms with Gasteiger partial charge in [0.05, 0.1) is 19.3 Å². The predicted molar refractivity (Wildman–Crippen MR) is 70.7 cm³/mol. The van der Waals surface area contributed by atoms with Crippen molar-refractivity contribution in [3.05, 3.63) is 0 Å². The Morgan fingerprint density at radius 3 is 1.90 bits per heavy atom. The Balaban J connectivity index is 5.42. The first-order valence-electron chi connectivity index (χ1n) is 6.61. The lowest BCUT2D eigenvalue weighted by Crippen LogP contribution is -2.61. The van der Waals surface area contributed by atoms with E-state index in [2.05, 4.69) is 5.32 Å². The van der Waals surface area contributed by atoms with E-state index in [4.69, 9.17) is 9.47 Å². The number of esters is 2. The highest BCUT2D eigenvalue weighted by Crippen LogP contribution is 2.19. The average Bonchev–Trinajstić information content (AvgIpc) is 2.34. The van der Waals surface area contributed by atoms with Gasteiger partial charge in [0.1, 0.15) is 0 Å². The maximum atomic E-state index is 12.1.